The Morgan fingerprint density at radius 1 is 1.67 bits per heavy atom. The lowest BCUT2D eigenvalue weighted by Crippen LogP contribution is -2.26. The summed E-state index contributed by atoms with van der Waals surface area (Å²) in [5.74, 6) is -6.94. The fourth-order valence-electron chi connectivity index (χ4n) is 0.966. The van der Waals surface area contributed by atoms with Crippen molar-refractivity contribution in [3.05, 3.63) is 22.8 Å². The number of halogens is 3. The Bertz CT molecular complexity index is 397. The molecule has 1 aromatic rings. The van der Waals surface area contributed by atoms with E-state index in [1.54, 1.807) is 0 Å². The maximum absolute atomic E-state index is 13.2. The number of hydrogen-bond donors (Lipinski definition) is 1. The van der Waals surface area contributed by atoms with E-state index >= 15 is 0 Å². The number of carbonyl (C=O) groups is 1. The fourth-order valence-corrected chi connectivity index (χ4v) is 1.22. The van der Waals surface area contributed by atoms with Crippen LogP contribution in [0.1, 0.15) is 5.56 Å². The van der Waals surface area contributed by atoms with Gasteiger partial charge in [-0.2, -0.15) is 8.78 Å². The summed E-state index contributed by atoms with van der Waals surface area (Å²) < 4.78 is 30.9. The largest absolute Gasteiger partial charge is 0.481 e. The monoisotopic (exact) mass is 237 g/mol. The van der Waals surface area contributed by atoms with Gasteiger partial charge in [-0.1, -0.05) is 11.6 Å². The van der Waals surface area contributed by atoms with Crippen LogP contribution in [0.3, 0.4) is 0 Å². The highest BCUT2D eigenvalue weighted by molar-refractivity contribution is 6.31. The van der Waals surface area contributed by atoms with E-state index in [2.05, 4.69) is 9.72 Å². The summed E-state index contributed by atoms with van der Waals surface area (Å²) in [6.07, 6.45) is 1.14. The number of carboxylic acid groups (broad SMARTS) is 1. The summed E-state index contributed by atoms with van der Waals surface area (Å²) in [6.45, 7) is 0. The number of alkyl halides is 2. The highest BCUT2D eigenvalue weighted by atomic mass is 35.5. The molecule has 82 valence electrons. The van der Waals surface area contributed by atoms with Crippen LogP contribution in [0.25, 0.3) is 0 Å². The third-order valence-corrected chi connectivity index (χ3v) is 1.96. The molecule has 0 aliphatic rings. The van der Waals surface area contributed by atoms with Crippen LogP contribution in [0, 0.1) is 0 Å². The molecule has 15 heavy (non-hydrogen) atoms. The highest BCUT2D eigenvalue weighted by Crippen LogP contribution is 2.38. The summed E-state index contributed by atoms with van der Waals surface area (Å²) in [6, 6.07) is 1.07. The highest BCUT2D eigenvalue weighted by Gasteiger charge is 2.46. The summed E-state index contributed by atoms with van der Waals surface area (Å²) >= 11 is 5.47. The van der Waals surface area contributed by atoms with E-state index in [1.165, 1.54) is 0 Å². The molecule has 0 atom stereocenters. The molecular weight excluding hydrogens is 232 g/mol. The summed E-state index contributed by atoms with van der Waals surface area (Å²) in [5.41, 5.74) is -0.943. The predicted octanol–water partition coefficient (Wildman–Crippen LogP) is 1.92. The second-order valence-corrected chi connectivity index (χ2v) is 2.96. The molecule has 1 rings (SSSR count). The predicted molar refractivity (Wildman–Crippen MR) is 47.3 cm³/mol. The average molecular weight is 238 g/mol. The third kappa shape index (κ3) is 1.99. The molecule has 0 saturated heterocycles. The minimum Gasteiger partial charge on any atom is -0.481 e. The number of rotatable bonds is 3. The number of aliphatic carboxylic acids is 1. The zero-order chi connectivity index (χ0) is 11.6. The van der Waals surface area contributed by atoms with E-state index in [4.69, 9.17) is 16.7 Å². The van der Waals surface area contributed by atoms with Crippen molar-refractivity contribution in [2.75, 3.05) is 7.11 Å². The lowest BCUT2D eigenvalue weighted by Gasteiger charge is -2.15. The van der Waals surface area contributed by atoms with Crippen molar-refractivity contribution in [1.82, 2.24) is 4.98 Å². The normalized spacial score (nSPS) is 11.2. The molecule has 0 bridgehead atoms. The Morgan fingerprint density at radius 2 is 2.27 bits per heavy atom. The van der Waals surface area contributed by atoms with Gasteiger partial charge in [0.05, 0.1) is 12.1 Å². The summed E-state index contributed by atoms with van der Waals surface area (Å²) in [4.78, 5) is 13.8. The molecule has 0 fully saturated rings. The van der Waals surface area contributed by atoms with Crippen molar-refractivity contribution < 1.29 is 23.4 Å². The molecule has 0 aliphatic heterocycles. The van der Waals surface area contributed by atoms with Crippen LogP contribution < -0.4 is 4.74 Å². The Hall–Kier alpha value is -1.43. The Balaban J connectivity index is 3.41. The van der Waals surface area contributed by atoms with Crippen molar-refractivity contribution in [2.45, 2.75) is 5.92 Å². The van der Waals surface area contributed by atoms with Gasteiger partial charge in [-0.25, -0.2) is 9.78 Å². The standard InChI is InChI=1S/C8H6ClF2NO3/c1-15-6-5(4(9)2-3-12-6)8(10,11)7(13)14/h2-3H,1H3,(H,13,14). The third-order valence-electron chi connectivity index (χ3n) is 1.64. The number of ether oxygens (including phenoxy) is 1. The molecule has 1 N–H and O–H groups in total. The second kappa shape index (κ2) is 3.98. The molecule has 7 heteroatoms. The minimum atomic E-state index is -4.13. The topological polar surface area (TPSA) is 59.4 Å². The van der Waals surface area contributed by atoms with Crippen LogP contribution in [0.15, 0.2) is 12.3 Å². The summed E-state index contributed by atoms with van der Waals surface area (Å²) in [7, 11) is 1.10. The van der Waals surface area contributed by atoms with E-state index in [0.717, 1.165) is 19.4 Å². The van der Waals surface area contributed by atoms with Gasteiger partial charge in [0, 0.05) is 6.20 Å². The molecular formula is C8H6ClF2NO3. The number of hydrogen-bond acceptors (Lipinski definition) is 3. The molecule has 0 unspecified atom stereocenters. The van der Waals surface area contributed by atoms with E-state index in [-0.39, 0.29) is 0 Å². The Kier molecular flexibility index (Phi) is 3.09. The zero-order valence-electron chi connectivity index (χ0n) is 7.50. The van der Waals surface area contributed by atoms with Crippen LogP contribution in [0.4, 0.5) is 8.78 Å². The molecule has 0 radical (unpaired) electrons. The average Bonchev–Trinajstić information content (AvgIpc) is 2.16. The van der Waals surface area contributed by atoms with Gasteiger partial charge in [-0.05, 0) is 6.07 Å². The molecule has 0 saturated carbocycles. The number of methoxy groups -OCH3 is 1. The zero-order valence-corrected chi connectivity index (χ0v) is 8.26. The summed E-state index contributed by atoms with van der Waals surface area (Å²) in [5, 5.41) is 7.94. The van der Waals surface area contributed by atoms with Gasteiger partial charge in [-0.15, -0.1) is 0 Å². The molecule has 0 spiro atoms. The van der Waals surface area contributed by atoms with Gasteiger partial charge < -0.3 is 9.84 Å². The van der Waals surface area contributed by atoms with E-state index < -0.39 is 28.4 Å². The maximum atomic E-state index is 13.2. The minimum absolute atomic E-state index is 0.408. The van der Waals surface area contributed by atoms with Gasteiger partial charge >= 0.3 is 11.9 Å². The first kappa shape index (κ1) is 11.6. The molecule has 1 heterocycles. The van der Waals surface area contributed by atoms with Gasteiger partial charge in [-0.3, -0.25) is 0 Å². The Labute approximate surface area is 88.4 Å². The first-order valence-electron chi connectivity index (χ1n) is 3.71. The van der Waals surface area contributed by atoms with Crippen LogP contribution in [0.2, 0.25) is 5.02 Å². The lowest BCUT2D eigenvalue weighted by molar-refractivity contribution is -0.166. The maximum Gasteiger partial charge on any atom is 0.379 e. The number of pyridine rings is 1. The quantitative estimate of drug-likeness (QED) is 0.873. The van der Waals surface area contributed by atoms with Crippen LogP contribution >= 0.6 is 11.6 Å². The van der Waals surface area contributed by atoms with E-state index in [1.807, 2.05) is 0 Å². The number of carboxylic acids is 1. The van der Waals surface area contributed by atoms with E-state index in [9.17, 15) is 13.6 Å². The first-order valence-corrected chi connectivity index (χ1v) is 4.09. The van der Waals surface area contributed by atoms with Crippen molar-refractivity contribution in [3.63, 3.8) is 0 Å². The molecule has 4 nitrogen and oxygen atoms in total. The first-order chi connectivity index (χ1) is 6.91. The lowest BCUT2D eigenvalue weighted by atomic mass is 10.1. The van der Waals surface area contributed by atoms with Gasteiger partial charge in [0.25, 0.3) is 0 Å². The van der Waals surface area contributed by atoms with Gasteiger partial charge in [0.2, 0.25) is 5.88 Å². The number of aromatic nitrogens is 1. The SMILES string of the molecule is COc1nccc(Cl)c1C(F)(F)C(=O)O. The van der Waals surface area contributed by atoms with E-state index in [0.29, 0.717) is 0 Å². The molecule has 0 aliphatic carbocycles. The van der Waals surface area contributed by atoms with Gasteiger partial charge in [0.1, 0.15) is 5.56 Å². The van der Waals surface area contributed by atoms with Crippen LogP contribution in [0.5, 0.6) is 5.88 Å². The van der Waals surface area contributed by atoms with Crippen molar-refractivity contribution in [2.24, 2.45) is 0 Å². The van der Waals surface area contributed by atoms with Crippen molar-refractivity contribution in [3.8, 4) is 5.88 Å². The van der Waals surface area contributed by atoms with Crippen LogP contribution in [-0.2, 0) is 10.7 Å². The Morgan fingerprint density at radius 3 is 2.73 bits per heavy atom. The smallest absolute Gasteiger partial charge is 0.379 e. The van der Waals surface area contributed by atoms with Crippen molar-refractivity contribution >= 4 is 17.6 Å². The van der Waals surface area contributed by atoms with Crippen molar-refractivity contribution in [1.29, 1.82) is 0 Å². The van der Waals surface area contributed by atoms with Gasteiger partial charge in [0.15, 0.2) is 0 Å². The number of nitrogens with zero attached hydrogens (tertiary/aromatic N) is 1. The molecule has 0 aromatic carbocycles. The van der Waals surface area contributed by atoms with Crippen LogP contribution in [-0.4, -0.2) is 23.2 Å². The second-order valence-electron chi connectivity index (χ2n) is 2.56. The fraction of sp³-hybridized carbons (Fsp3) is 0.250. The molecule has 1 aromatic heterocycles. The molecule has 0 amide bonds.